The molecule has 0 aliphatic carbocycles. The molecule has 0 atom stereocenters. The first-order valence-corrected chi connectivity index (χ1v) is 4.00. The minimum Gasteiger partial charge on any atom is -0.497 e. The van der Waals surface area contributed by atoms with Gasteiger partial charge in [0.1, 0.15) is 10.5 Å². The number of fused-ring (bicyclic) bond motifs is 1. The molecule has 1 heterocycles. The van der Waals surface area contributed by atoms with Crippen molar-refractivity contribution in [3.8, 4) is 5.75 Å². The lowest BCUT2D eigenvalue weighted by molar-refractivity contribution is -0.403. The molecule has 15 heavy (non-hydrogen) atoms. The van der Waals surface area contributed by atoms with Crippen molar-refractivity contribution in [2.24, 2.45) is 0 Å². The molecule has 76 valence electrons. The average molecular weight is 207 g/mol. The maximum absolute atomic E-state index is 11.4. The molecule has 0 spiro atoms. The van der Waals surface area contributed by atoms with Crippen molar-refractivity contribution in [1.29, 1.82) is 0 Å². The van der Waals surface area contributed by atoms with Crippen LogP contribution < -0.4 is 5.43 Å². The summed E-state index contributed by atoms with van der Waals surface area (Å²) in [4.78, 5) is 20.9. The smallest absolute Gasteiger partial charge is 0.480 e. The van der Waals surface area contributed by atoms with Crippen LogP contribution in [0.2, 0.25) is 0 Å². The van der Waals surface area contributed by atoms with Crippen molar-refractivity contribution in [2.45, 2.75) is 0 Å². The minimum atomic E-state index is -0.973. The number of rotatable bonds is 1. The van der Waals surface area contributed by atoms with E-state index in [4.69, 9.17) is 4.42 Å². The summed E-state index contributed by atoms with van der Waals surface area (Å²) in [5.74, 6) is -1.91. The standard InChI is InChI=1S/C9H5NO5/c11-7-5-3-1-2-4-6(5)15-9(8(7)12)10(13)14/h1-4,12H. The van der Waals surface area contributed by atoms with Gasteiger partial charge in [-0.15, -0.1) is 0 Å². The Morgan fingerprint density at radius 1 is 1.33 bits per heavy atom. The van der Waals surface area contributed by atoms with Crippen LogP contribution in [0.15, 0.2) is 33.5 Å². The highest BCUT2D eigenvalue weighted by Crippen LogP contribution is 2.25. The van der Waals surface area contributed by atoms with Crippen LogP contribution in [0.4, 0.5) is 5.88 Å². The van der Waals surface area contributed by atoms with Crippen molar-refractivity contribution >= 4 is 16.9 Å². The summed E-state index contributed by atoms with van der Waals surface area (Å²) in [5.41, 5.74) is -0.726. The molecule has 0 radical (unpaired) electrons. The SMILES string of the molecule is O=c1c(O)c([N+](=O)[O-])oc2ccccc12. The largest absolute Gasteiger partial charge is 0.497 e. The first-order chi connectivity index (χ1) is 7.11. The predicted octanol–water partition coefficient (Wildman–Crippen LogP) is 1.41. The molecule has 0 aliphatic heterocycles. The van der Waals surface area contributed by atoms with Crippen LogP contribution in [0.1, 0.15) is 0 Å². The molecule has 0 amide bonds. The lowest BCUT2D eigenvalue weighted by Crippen LogP contribution is -2.03. The van der Waals surface area contributed by atoms with Gasteiger partial charge in [-0.05, 0) is 12.1 Å². The molecule has 0 bridgehead atoms. The van der Waals surface area contributed by atoms with Crippen molar-refractivity contribution in [2.75, 3.05) is 0 Å². The summed E-state index contributed by atoms with van der Waals surface area (Å²) in [6, 6.07) is 5.99. The maximum Gasteiger partial charge on any atom is 0.480 e. The molecule has 0 saturated heterocycles. The van der Waals surface area contributed by atoms with Crippen molar-refractivity contribution in [1.82, 2.24) is 0 Å². The zero-order chi connectivity index (χ0) is 11.0. The second kappa shape index (κ2) is 3.09. The minimum absolute atomic E-state index is 0.0759. The van der Waals surface area contributed by atoms with Gasteiger partial charge in [0.05, 0.1) is 5.39 Å². The lowest BCUT2D eigenvalue weighted by atomic mass is 10.2. The highest BCUT2D eigenvalue weighted by atomic mass is 16.7. The monoisotopic (exact) mass is 207 g/mol. The summed E-state index contributed by atoms with van der Waals surface area (Å²) in [6.45, 7) is 0. The summed E-state index contributed by atoms with van der Waals surface area (Å²) >= 11 is 0. The number of benzene rings is 1. The molecule has 6 nitrogen and oxygen atoms in total. The summed E-state index contributed by atoms with van der Waals surface area (Å²) < 4.78 is 4.79. The fourth-order valence-corrected chi connectivity index (χ4v) is 1.24. The lowest BCUT2D eigenvalue weighted by Gasteiger charge is -1.97. The van der Waals surface area contributed by atoms with Crippen molar-refractivity contribution in [3.05, 3.63) is 44.6 Å². The molecule has 1 aromatic heterocycles. The van der Waals surface area contributed by atoms with Gasteiger partial charge in [0.2, 0.25) is 5.43 Å². The Morgan fingerprint density at radius 2 is 2.00 bits per heavy atom. The van der Waals surface area contributed by atoms with E-state index in [0.717, 1.165) is 0 Å². The number of nitrogens with zero attached hydrogens (tertiary/aromatic N) is 1. The first-order valence-electron chi connectivity index (χ1n) is 4.00. The van der Waals surface area contributed by atoms with Crippen molar-refractivity contribution < 1.29 is 14.4 Å². The summed E-state index contributed by atoms with van der Waals surface area (Å²) in [7, 11) is 0. The molecule has 0 saturated carbocycles. The number of hydrogen-bond acceptors (Lipinski definition) is 5. The van der Waals surface area contributed by atoms with Crippen LogP contribution in [-0.2, 0) is 0 Å². The normalized spacial score (nSPS) is 10.4. The van der Waals surface area contributed by atoms with Gasteiger partial charge >= 0.3 is 5.88 Å². The zero-order valence-corrected chi connectivity index (χ0v) is 7.34. The highest BCUT2D eigenvalue weighted by molar-refractivity contribution is 5.78. The van der Waals surface area contributed by atoms with Crippen molar-refractivity contribution in [3.63, 3.8) is 0 Å². The van der Waals surface area contributed by atoms with Crippen LogP contribution in [0.25, 0.3) is 11.0 Å². The third-order valence-corrected chi connectivity index (χ3v) is 1.92. The zero-order valence-electron chi connectivity index (χ0n) is 7.34. The van der Waals surface area contributed by atoms with E-state index in [0.29, 0.717) is 0 Å². The number of hydrogen-bond donors (Lipinski definition) is 1. The second-order valence-corrected chi connectivity index (χ2v) is 2.84. The fraction of sp³-hybridized carbons (Fsp3) is 0. The topological polar surface area (TPSA) is 93.6 Å². The Morgan fingerprint density at radius 3 is 2.67 bits per heavy atom. The Labute approximate surface area is 82.5 Å². The Kier molecular flexibility index (Phi) is 1.89. The first kappa shape index (κ1) is 9.20. The Hall–Kier alpha value is -2.37. The molecular formula is C9H5NO5. The number of nitro groups is 1. The van der Waals surface area contributed by atoms with E-state index >= 15 is 0 Å². The average Bonchev–Trinajstić information content (AvgIpc) is 2.23. The van der Waals surface area contributed by atoms with E-state index in [2.05, 4.69) is 0 Å². The molecule has 1 N–H and O–H groups in total. The highest BCUT2D eigenvalue weighted by Gasteiger charge is 2.22. The summed E-state index contributed by atoms with van der Waals surface area (Å²) in [6.07, 6.45) is 0. The molecule has 2 aromatic rings. The van der Waals surface area contributed by atoms with Gasteiger partial charge in [0.25, 0.3) is 5.75 Å². The van der Waals surface area contributed by atoms with Crippen LogP contribution in [-0.4, -0.2) is 10.0 Å². The van der Waals surface area contributed by atoms with E-state index in [1.54, 1.807) is 12.1 Å². The van der Waals surface area contributed by atoms with Crippen LogP contribution in [0, 0.1) is 10.1 Å². The van der Waals surface area contributed by atoms with E-state index in [9.17, 15) is 20.0 Å². The van der Waals surface area contributed by atoms with Crippen LogP contribution in [0.3, 0.4) is 0 Å². The summed E-state index contributed by atoms with van der Waals surface area (Å²) in [5, 5.41) is 19.8. The van der Waals surface area contributed by atoms with Crippen LogP contribution >= 0.6 is 0 Å². The maximum atomic E-state index is 11.4. The molecule has 2 rings (SSSR count). The second-order valence-electron chi connectivity index (χ2n) is 2.84. The third-order valence-electron chi connectivity index (χ3n) is 1.92. The molecule has 6 heteroatoms. The molecule has 0 fully saturated rings. The predicted molar refractivity (Wildman–Crippen MR) is 50.8 cm³/mol. The molecule has 0 unspecified atom stereocenters. The quantitative estimate of drug-likeness (QED) is 0.563. The Balaban J connectivity index is 2.95. The number of aromatic hydroxyl groups is 1. The molecule has 1 aromatic carbocycles. The Bertz CT molecular complexity index is 601. The van der Waals surface area contributed by atoms with Gasteiger partial charge in [0.15, 0.2) is 0 Å². The van der Waals surface area contributed by atoms with Gasteiger partial charge in [-0.1, -0.05) is 12.1 Å². The third kappa shape index (κ3) is 1.32. The van der Waals surface area contributed by atoms with Gasteiger partial charge in [-0.25, -0.2) is 0 Å². The van der Waals surface area contributed by atoms with E-state index in [1.165, 1.54) is 12.1 Å². The number of para-hydroxylation sites is 1. The van der Waals surface area contributed by atoms with Crippen LogP contribution in [0.5, 0.6) is 5.75 Å². The van der Waals surface area contributed by atoms with Gasteiger partial charge < -0.3 is 9.52 Å². The van der Waals surface area contributed by atoms with Gasteiger partial charge in [-0.3, -0.25) is 14.9 Å². The van der Waals surface area contributed by atoms with E-state index < -0.39 is 22.0 Å². The fourth-order valence-electron chi connectivity index (χ4n) is 1.24. The van der Waals surface area contributed by atoms with E-state index in [1.807, 2.05) is 0 Å². The molecular weight excluding hydrogens is 202 g/mol. The molecule has 0 aliphatic rings. The van der Waals surface area contributed by atoms with Gasteiger partial charge in [0, 0.05) is 0 Å². The van der Waals surface area contributed by atoms with Gasteiger partial charge in [-0.2, -0.15) is 0 Å². The van der Waals surface area contributed by atoms with E-state index in [-0.39, 0.29) is 11.0 Å².